The molecule has 1 aliphatic carbocycles. The molecule has 27 heavy (non-hydrogen) atoms. The molecule has 1 unspecified atom stereocenters. The van der Waals surface area contributed by atoms with Gasteiger partial charge in [0.05, 0.1) is 23.3 Å². The molecular weight excluding hydrogens is 386 g/mol. The second-order valence-electron chi connectivity index (χ2n) is 6.02. The first-order valence-corrected chi connectivity index (χ1v) is 10.0. The van der Waals surface area contributed by atoms with Crippen LogP contribution in [-0.2, 0) is 11.2 Å². The number of anilines is 1. The number of rotatable bonds is 5. The lowest BCUT2D eigenvalue weighted by Crippen LogP contribution is -2.22. The Morgan fingerprint density at radius 1 is 1.41 bits per heavy atom. The maximum absolute atomic E-state index is 12.4. The van der Waals surface area contributed by atoms with Gasteiger partial charge in [0.15, 0.2) is 10.1 Å². The van der Waals surface area contributed by atoms with Crippen LogP contribution >= 0.6 is 23.1 Å². The standard InChI is InChI=1S/C17H15N5O3S2/c1-9-21-22-17(27-9)26-8-15(24)20-16-18-7-11-12(19-16)5-10(6-13(11)23)14-3-2-4-25-14/h2-4,7,10H,5-6,8H2,1H3,(H,18,19,20,24). The van der Waals surface area contributed by atoms with E-state index in [9.17, 15) is 9.59 Å². The molecular formula is C17H15N5O3S2. The van der Waals surface area contributed by atoms with Gasteiger partial charge < -0.3 is 4.42 Å². The summed E-state index contributed by atoms with van der Waals surface area (Å²) in [5.41, 5.74) is 1.14. The van der Waals surface area contributed by atoms with Crippen molar-refractivity contribution in [2.45, 2.75) is 30.0 Å². The normalized spacial score (nSPS) is 16.2. The monoisotopic (exact) mass is 401 g/mol. The van der Waals surface area contributed by atoms with Gasteiger partial charge in [-0.25, -0.2) is 9.97 Å². The van der Waals surface area contributed by atoms with Crippen LogP contribution in [0.3, 0.4) is 0 Å². The first-order chi connectivity index (χ1) is 13.1. The highest BCUT2D eigenvalue weighted by Crippen LogP contribution is 2.32. The fraction of sp³-hybridized carbons (Fsp3) is 0.294. The van der Waals surface area contributed by atoms with Gasteiger partial charge >= 0.3 is 0 Å². The van der Waals surface area contributed by atoms with Gasteiger partial charge in [-0.2, -0.15) is 0 Å². The number of Topliss-reactive ketones (excluding diaryl/α,β-unsaturated/α-hetero) is 1. The zero-order chi connectivity index (χ0) is 18.8. The Morgan fingerprint density at radius 2 is 2.30 bits per heavy atom. The lowest BCUT2D eigenvalue weighted by molar-refractivity contribution is -0.113. The summed E-state index contributed by atoms with van der Waals surface area (Å²) >= 11 is 2.74. The van der Waals surface area contributed by atoms with Crippen molar-refractivity contribution in [2.75, 3.05) is 11.1 Å². The first-order valence-electron chi connectivity index (χ1n) is 8.24. The molecule has 3 aromatic rings. The van der Waals surface area contributed by atoms with E-state index < -0.39 is 0 Å². The molecule has 4 rings (SSSR count). The molecule has 8 nitrogen and oxygen atoms in total. The summed E-state index contributed by atoms with van der Waals surface area (Å²) in [7, 11) is 0. The minimum Gasteiger partial charge on any atom is -0.469 e. The van der Waals surface area contributed by atoms with Crippen LogP contribution in [0.25, 0.3) is 0 Å². The molecule has 3 heterocycles. The molecule has 0 radical (unpaired) electrons. The summed E-state index contributed by atoms with van der Waals surface area (Å²) in [5, 5.41) is 11.4. The number of aromatic nitrogens is 4. The molecule has 138 valence electrons. The van der Waals surface area contributed by atoms with E-state index >= 15 is 0 Å². The summed E-state index contributed by atoms with van der Waals surface area (Å²) in [4.78, 5) is 33.0. The van der Waals surface area contributed by atoms with Gasteiger partial charge in [-0.3, -0.25) is 14.9 Å². The summed E-state index contributed by atoms with van der Waals surface area (Å²) in [6.45, 7) is 1.86. The molecule has 10 heteroatoms. The highest BCUT2D eigenvalue weighted by molar-refractivity contribution is 8.01. The number of thioether (sulfide) groups is 1. The number of aryl methyl sites for hydroxylation is 1. The van der Waals surface area contributed by atoms with Gasteiger partial charge in [0.2, 0.25) is 11.9 Å². The Morgan fingerprint density at radius 3 is 3.04 bits per heavy atom. The first kappa shape index (κ1) is 17.8. The minimum atomic E-state index is -0.238. The zero-order valence-corrected chi connectivity index (χ0v) is 16.0. The van der Waals surface area contributed by atoms with E-state index in [-0.39, 0.29) is 29.3 Å². The van der Waals surface area contributed by atoms with Gasteiger partial charge in [0.25, 0.3) is 0 Å². The summed E-state index contributed by atoms with van der Waals surface area (Å²) < 4.78 is 6.17. The number of carbonyl (C=O) groups is 2. The molecule has 3 aromatic heterocycles. The topological polar surface area (TPSA) is 111 Å². The summed E-state index contributed by atoms with van der Waals surface area (Å²) in [6.07, 6.45) is 4.02. The van der Waals surface area contributed by atoms with Gasteiger partial charge in [0, 0.05) is 25.0 Å². The molecule has 0 saturated heterocycles. The number of fused-ring (bicyclic) bond motifs is 1. The van der Waals surface area contributed by atoms with E-state index in [0.717, 1.165) is 15.1 Å². The molecule has 1 aliphatic rings. The molecule has 1 atom stereocenters. The highest BCUT2D eigenvalue weighted by Gasteiger charge is 2.29. The second kappa shape index (κ2) is 7.57. The molecule has 1 amide bonds. The van der Waals surface area contributed by atoms with Gasteiger partial charge in [-0.15, -0.1) is 10.2 Å². The van der Waals surface area contributed by atoms with E-state index in [0.29, 0.717) is 24.1 Å². The quantitative estimate of drug-likeness (QED) is 0.650. The predicted octanol–water partition coefficient (Wildman–Crippen LogP) is 2.87. The van der Waals surface area contributed by atoms with Crippen molar-refractivity contribution < 1.29 is 14.0 Å². The van der Waals surface area contributed by atoms with Crippen molar-refractivity contribution in [2.24, 2.45) is 0 Å². The van der Waals surface area contributed by atoms with Crippen LogP contribution in [0.4, 0.5) is 5.95 Å². The maximum Gasteiger partial charge on any atom is 0.237 e. The third kappa shape index (κ3) is 4.06. The molecule has 0 fully saturated rings. The minimum absolute atomic E-state index is 0.0160. The fourth-order valence-electron chi connectivity index (χ4n) is 2.85. The average Bonchev–Trinajstić information content (AvgIpc) is 3.31. The zero-order valence-electron chi connectivity index (χ0n) is 14.3. The van der Waals surface area contributed by atoms with Crippen molar-refractivity contribution >= 4 is 40.7 Å². The molecule has 0 aliphatic heterocycles. The Hall–Kier alpha value is -2.59. The lowest BCUT2D eigenvalue weighted by atomic mass is 9.85. The van der Waals surface area contributed by atoms with Crippen molar-refractivity contribution in [3.63, 3.8) is 0 Å². The van der Waals surface area contributed by atoms with Crippen LogP contribution in [-0.4, -0.2) is 37.6 Å². The third-order valence-electron chi connectivity index (χ3n) is 4.07. The smallest absolute Gasteiger partial charge is 0.237 e. The predicted molar refractivity (Wildman–Crippen MR) is 100 cm³/mol. The van der Waals surface area contributed by atoms with E-state index in [2.05, 4.69) is 25.5 Å². The van der Waals surface area contributed by atoms with Crippen LogP contribution in [0.1, 0.15) is 39.2 Å². The van der Waals surface area contributed by atoms with Gasteiger partial charge in [0.1, 0.15) is 10.8 Å². The maximum atomic E-state index is 12.4. The molecule has 0 saturated carbocycles. The number of hydrogen-bond acceptors (Lipinski definition) is 9. The number of nitrogens with one attached hydrogen (secondary N) is 1. The number of carbonyl (C=O) groups excluding carboxylic acids is 2. The summed E-state index contributed by atoms with van der Waals surface area (Å²) in [5.74, 6) is 0.843. The Balaban J connectivity index is 1.43. The highest BCUT2D eigenvalue weighted by atomic mass is 32.2. The number of nitrogens with zero attached hydrogens (tertiary/aromatic N) is 4. The van der Waals surface area contributed by atoms with E-state index in [4.69, 9.17) is 4.42 Å². The fourth-order valence-corrected chi connectivity index (χ4v) is 4.47. The van der Waals surface area contributed by atoms with Crippen molar-refractivity contribution in [3.05, 3.63) is 46.6 Å². The average molecular weight is 401 g/mol. The number of amides is 1. The molecule has 0 spiro atoms. The van der Waals surface area contributed by atoms with Crippen LogP contribution < -0.4 is 5.32 Å². The van der Waals surface area contributed by atoms with Gasteiger partial charge in [-0.05, 0) is 19.1 Å². The third-order valence-corrected chi connectivity index (χ3v) is 6.04. The Bertz CT molecular complexity index is 986. The van der Waals surface area contributed by atoms with Crippen molar-refractivity contribution in [1.82, 2.24) is 20.2 Å². The number of hydrogen-bond donors (Lipinski definition) is 1. The molecule has 1 N–H and O–H groups in total. The van der Waals surface area contributed by atoms with E-state index in [1.165, 1.54) is 29.3 Å². The largest absolute Gasteiger partial charge is 0.469 e. The summed E-state index contributed by atoms with van der Waals surface area (Å²) in [6, 6.07) is 3.66. The van der Waals surface area contributed by atoms with Crippen LogP contribution in [0.2, 0.25) is 0 Å². The lowest BCUT2D eigenvalue weighted by Gasteiger charge is -2.21. The van der Waals surface area contributed by atoms with E-state index in [1.54, 1.807) is 12.3 Å². The van der Waals surface area contributed by atoms with Crippen molar-refractivity contribution in [3.8, 4) is 0 Å². The number of ketones is 1. The van der Waals surface area contributed by atoms with Crippen molar-refractivity contribution in [1.29, 1.82) is 0 Å². The number of furan rings is 1. The van der Waals surface area contributed by atoms with Gasteiger partial charge in [-0.1, -0.05) is 23.1 Å². The molecule has 0 bridgehead atoms. The van der Waals surface area contributed by atoms with Crippen LogP contribution in [0.15, 0.2) is 33.3 Å². The Labute approximate surface area is 162 Å². The Kier molecular flexibility index (Phi) is 4.99. The van der Waals surface area contributed by atoms with Crippen LogP contribution in [0.5, 0.6) is 0 Å². The SMILES string of the molecule is Cc1nnc(SCC(=O)Nc2ncc3c(n2)CC(c2ccco2)CC3=O)s1. The molecule has 0 aromatic carbocycles. The van der Waals surface area contributed by atoms with Crippen LogP contribution in [0, 0.1) is 6.92 Å². The second-order valence-corrected chi connectivity index (χ2v) is 8.43. The van der Waals surface area contributed by atoms with E-state index in [1.807, 2.05) is 13.0 Å².